The monoisotopic (exact) mass is 352 g/mol. The molecule has 2 atom stereocenters. The van der Waals surface area contributed by atoms with Crippen LogP contribution in [0, 0.1) is 32.6 Å². The molecule has 5 heteroatoms. The van der Waals surface area contributed by atoms with Gasteiger partial charge in [-0.2, -0.15) is 0 Å². The Morgan fingerprint density at radius 1 is 0.962 bits per heavy atom. The standard InChI is InChI=1S/C21H24N2O3/c1-12-9-13(2)19(14(3)10-12)23-21(25)16-11-15(16)20(24)22-17-7-5-6-8-18(17)26-4/h5-10,15-16H,11H2,1-4H3,(H,22,24)(H,23,25). The second kappa shape index (κ2) is 7.20. The molecule has 0 spiro atoms. The Labute approximate surface area is 153 Å². The second-order valence-electron chi connectivity index (χ2n) is 6.90. The number of amides is 2. The molecule has 0 aromatic heterocycles. The van der Waals surface area contributed by atoms with E-state index in [9.17, 15) is 9.59 Å². The Morgan fingerprint density at radius 3 is 2.15 bits per heavy atom. The first-order valence-corrected chi connectivity index (χ1v) is 8.73. The number of carbonyl (C=O) groups excluding carboxylic acids is 2. The van der Waals surface area contributed by atoms with E-state index in [0.29, 0.717) is 17.9 Å². The van der Waals surface area contributed by atoms with E-state index in [1.807, 2.05) is 45.0 Å². The van der Waals surface area contributed by atoms with Crippen LogP contribution in [0.2, 0.25) is 0 Å². The van der Waals surface area contributed by atoms with Gasteiger partial charge in [0.15, 0.2) is 0 Å². The van der Waals surface area contributed by atoms with Crippen LogP contribution in [0.1, 0.15) is 23.1 Å². The minimum Gasteiger partial charge on any atom is -0.495 e. The summed E-state index contributed by atoms with van der Waals surface area (Å²) < 4.78 is 5.24. The van der Waals surface area contributed by atoms with Crippen molar-refractivity contribution in [3.8, 4) is 5.75 Å². The topological polar surface area (TPSA) is 67.4 Å². The number of hydrogen-bond acceptors (Lipinski definition) is 3. The Balaban J connectivity index is 1.63. The number of benzene rings is 2. The van der Waals surface area contributed by atoms with E-state index in [1.54, 1.807) is 19.2 Å². The predicted molar refractivity (Wildman–Crippen MR) is 103 cm³/mol. The maximum Gasteiger partial charge on any atom is 0.228 e. The first-order chi connectivity index (χ1) is 12.4. The Bertz CT molecular complexity index is 837. The van der Waals surface area contributed by atoms with Gasteiger partial charge in [-0.05, 0) is 50.5 Å². The summed E-state index contributed by atoms with van der Waals surface area (Å²) in [5, 5.41) is 5.85. The number of anilines is 2. The minimum absolute atomic E-state index is 0.0970. The van der Waals surface area contributed by atoms with Gasteiger partial charge in [0.25, 0.3) is 0 Å². The summed E-state index contributed by atoms with van der Waals surface area (Å²) in [6.07, 6.45) is 0.566. The number of rotatable bonds is 5. The van der Waals surface area contributed by atoms with Crippen LogP contribution in [-0.2, 0) is 9.59 Å². The normalized spacial score (nSPS) is 18.2. The summed E-state index contributed by atoms with van der Waals surface area (Å²) in [4.78, 5) is 25.0. The lowest BCUT2D eigenvalue weighted by Crippen LogP contribution is -2.21. The van der Waals surface area contributed by atoms with Gasteiger partial charge in [-0.15, -0.1) is 0 Å². The van der Waals surface area contributed by atoms with Gasteiger partial charge < -0.3 is 15.4 Å². The van der Waals surface area contributed by atoms with Crippen LogP contribution in [0.4, 0.5) is 11.4 Å². The molecule has 2 aromatic carbocycles. The molecule has 2 aromatic rings. The lowest BCUT2D eigenvalue weighted by molar-refractivity contribution is -0.122. The molecule has 1 fully saturated rings. The summed E-state index contributed by atoms with van der Waals surface area (Å²) in [7, 11) is 1.56. The van der Waals surface area contributed by atoms with Crippen LogP contribution < -0.4 is 15.4 Å². The van der Waals surface area contributed by atoms with Crippen LogP contribution in [0.25, 0.3) is 0 Å². The lowest BCUT2D eigenvalue weighted by Gasteiger charge is -2.13. The average Bonchev–Trinajstić information content (AvgIpc) is 3.39. The molecular weight excluding hydrogens is 328 g/mol. The van der Waals surface area contributed by atoms with Crippen molar-refractivity contribution in [1.29, 1.82) is 0 Å². The molecule has 1 aliphatic carbocycles. The number of ether oxygens (including phenoxy) is 1. The van der Waals surface area contributed by atoms with E-state index >= 15 is 0 Å². The fourth-order valence-corrected chi connectivity index (χ4v) is 3.34. The van der Waals surface area contributed by atoms with Crippen molar-refractivity contribution in [2.45, 2.75) is 27.2 Å². The van der Waals surface area contributed by atoms with Gasteiger partial charge >= 0.3 is 0 Å². The van der Waals surface area contributed by atoms with Crippen LogP contribution in [0.15, 0.2) is 36.4 Å². The molecule has 0 saturated heterocycles. The molecule has 0 heterocycles. The molecule has 26 heavy (non-hydrogen) atoms. The van der Waals surface area contributed by atoms with Crippen molar-refractivity contribution >= 4 is 23.2 Å². The fourth-order valence-electron chi connectivity index (χ4n) is 3.34. The second-order valence-corrected chi connectivity index (χ2v) is 6.90. The van der Waals surface area contributed by atoms with Crippen molar-refractivity contribution in [3.05, 3.63) is 53.1 Å². The van der Waals surface area contributed by atoms with Crippen molar-refractivity contribution in [2.24, 2.45) is 11.8 Å². The molecular formula is C21H24N2O3. The predicted octanol–water partition coefficient (Wildman–Crippen LogP) is 3.83. The molecule has 5 nitrogen and oxygen atoms in total. The zero-order valence-corrected chi connectivity index (χ0v) is 15.6. The summed E-state index contributed by atoms with van der Waals surface area (Å²) in [5.41, 5.74) is 4.70. The van der Waals surface area contributed by atoms with E-state index in [2.05, 4.69) is 10.6 Å². The lowest BCUT2D eigenvalue weighted by atomic mass is 10.0. The highest BCUT2D eigenvalue weighted by Gasteiger charge is 2.48. The molecule has 1 aliphatic rings. The number of nitrogens with one attached hydrogen (secondary N) is 2. The summed E-state index contributed by atoms with van der Waals surface area (Å²) in [6.45, 7) is 5.99. The first kappa shape index (κ1) is 18.0. The Morgan fingerprint density at radius 2 is 1.54 bits per heavy atom. The third-order valence-corrected chi connectivity index (χ3v) is 4.75. The molecule has 3 rings (SSSR count). The van der Waals surface area contributed by atoms with Gasteiger partial charge in [-0.25, -0.2) is 0 Å². The van der Waals surface area contributed by atoms with Crippen LogP contribution >= 0.6 is 0 Å². The summed E-state index contributed by atoms with van der Waals surface area (Å²) in [5.74, 6) is -0.226. The minimum atomic E-state index is -0.300. The van der Waals surface area contributed by atoms with Gasteiger partial charge in [0.2, 0.25) is 11.8 Å². The maximum absolute atomic E-state index is 12.5. The van der Waals surface area contributed by atoms with Gasteiger partial charge in [0.1, 0.15) is 5.75 Å². The van der Waals surface area contributed by atoms with Crippen molar-refractivity contribution in [2.75, 3.05) is 17.7 Å². The van der Waals surface area contributed by atoms with Crippen molar-refractivity contribution < 1.29 is 14.3 Å². The van der Waals surface area contributed by atoms with Crippen LogP contribution in [0.5, 0.6) is 5.75 Å². The van der Waals surface area contributed by atoms with Gasteiger partial charge in [0.05, 0.1) is 24.6 Å². The molecule has 0 bridgehead atoms. The zero-order valence-electron chi connectivity index (χ0n) is 15.6. The van der Waals surface area contributed by atoms with E-state index in [-0.39, 0.29) is 23.7 Å². The third-order valence-electron chi connectivity index (χ3n) is 4.75. The number of carbonyl (C=O) groups is 2. The van der Waals surface area contributed by atoms with Gasteiger partial charge in [-0.1, -0.05) is 29.8 Å². The number of methoxy groups -OCH3 is 1. The largest absolute Gasteiger partial charge is 0.495 e. The highest BCUT2D eigenvalue weighted by molar-refractivity contribution is 6.04. The highest BCUT2D eigenvalue weighted by Crippen LogP contribution is 2.41. The van der Waals surface area contributed by atoms with E-state index in [1.165, 1.54) is 5.56 Å². The maximum atomic E-state index is 12.5. The molecule has 0 radical (unpaired) electrons. The first-order valence-electron chi connectivity index (χ1n) is 8.73. The van der Waals surface area contributed by atoms with Crippen molar-refractivity contribution in [1.82, 2.24) is 0 Å². The van der Waals surface area contributed by atoms with E-state index < -0.39 is 0 Å². The third kappa shape index (κ3) is 3.72. The Hall–Kier alpha value is -2.82. The zero-order chi connectivity index (χ0) is 18.8. The van der Waals surface area contributed by atoms with Gasteiger partial charge in [0, 0.05) is 5.69 Å². The smallest absolute Gasteiger partial charge is 0.228 e. The van der Waals surface area contributed by atoms with Crippen molar-refractivity contribution in [3.63, 3.8) is 0 Å². The molecule has 2 N–H and O–H groups in total. The molecule has 2 unspecified atom stereocenters. The van der Waals surface area contributed by atoms with E-state index in [0.717, 1.165) is 16.8 Å². The van der Waals surface area contributed by atoms with E-state index in [4.69, 9.17) is 4.74 Å². The number of para-hydroxylation sites is 2. The van der Waals surface area contributed by atoms with Crippen LogP contribution in [0.3, 0.4) is 0 Å². The SMILES string of the molecule is COc1ccccc1NC(=O)C1CC1C(=O)Nc1c(C)cc(C)cc1C. The number of aryl methyl sites for hydroxylation is 3. The quantitative estimate of drug-likeness (QED) is 0.859. The Kier molecular flexibility index (Phi) is 4.98. The highest BCUT2D eigenvalue weighted by atomic mass is 16.5. The van der Waals surface area contributed by atoms with Gasteiger partial charge in [-0.3, -0.25) is 9.59 Å². The van der Waals surface area contributed by atoms with Crippen LogP contribution in [-0.4, -0.2) is 18.9 Å². The molecule has 2 amide bonds. The average molecular weight is 352 g/mol. The molecule has 1 saturated carbocycles. The fraction of sp³-hybridized carbons (Fsp3) is 0.333. The molecule has 136 valence electrons. The summed E-state index contributed by atoms with van der Waals surface area (Å²) >= 11 is 0. The number of hydrogen-bond donors (Lipinski definition) is 2. The molecule has 0 aliphatic heterocycles. The summed E-state index contributed by atoms with van der Waals surface area (Å²) in [6, 6.07) is 11.3.